The highest BCUT2D eigenvalue weighted by Crippen LogP contribution is 2.21. The van der Waals surface area contributed by atoms with Gasteiger partial charge < -0.3 is 14.7 Å². The van der Waals surface area contributed by atoms with Gasteiger partial charge in [-0.25, -0.2) is 4.39 Å². The summed E-state index contributed by atoms with van der Waals surface area (Å²) in [5.74, 6) is 0.317. The van der Waals surface area contributed by atoms with Crippen LogP contribution in [0, 0.1) is 5.82 Å². The van der Waals surface area contributed by atoms with Crippen LogP contribution in [0.1, 0.15) is 15.9 Å². The van der Waals surface area contributed by atoms with Crippen molar-refractivity contribution in [3.8, 4) is 5.75 Å². The molecule has 0 aromatic heterocycles. The summed E-state index contributed by atoms with van der Waals surface area (Å²) in [6, 6.07) is 13.1. The van der Waals surface area contributed by atoms with Crippen molar-refractivity contribution in [2.45, 2.75) is 18.7 Å². The highest BCUT2D eigenvalue weighted by molar-refractivity contribution is 5.94. The fraction of sp³-hybridized carbons (Fsp3) is 0.350. The molecular formula is C20H23FN2O3. The summed E-state index contributed by atoms with van der Waals surface area (Å²) in [7, 11) is 3.48. The van der Waals surface area contributed by atoms with Crippen LogP contribution in [0.5, 0.6) is 5.75 Å². The van der Waals surface area contributed by atoms with E-state index in [4.69, 9.17) is 4.74 Å². The summed E-state index contributed by atoms with van der Waals surface area (Å²) in [4.78, 5) is 16.3. The smallest absolute Gasteiger partial charge is 0.254 e. The minimum Gasteiger partial charge on any atom is -0.497 e. The van der Waals surface area contributed by atoms with Gasteiger partial charge >= 0.3 is 0 Å². The normalized spacial score (nSPS) is 19.8. The molecule has 3 rings (SSSR count). The highest BCUT2D eigenvalue weighted by Gasteiger charge is 2.36. The SMILES string of the molecule is COc1ccc(C(=O)N2C[C@H](O)[C@@H](N(C)Cc3ccc(F)cc3)C2)cc1. The van der Waals surface area contributed by atoms with Gasteiger partial charge in [0, 0.05) is 25.2 Å². The van der Waals surface area contributed by atoms with E-state index in [1.807, 2.05) is 11.9 Å². The number of aliphatic hydroxyl groups is 1. The van der Waals surface area contributed by atoms with Gasteiger partial charge in [-0.05, 0) is 49.0 Å². The first kappa shape index (κ1) is 18.4. The average molecular weight is 358 g/mol. The molecule has 26 heavy (non-hydrogen) atoms. The Morgan fingerprint density at radius 3 is 2.46 bits per heavy atom. The molecule has 5 nitrogen and oxygen atoms in total. The minimum absolute atomic E-state index is 0.107. The third-order valence-corrected chi connectivity index (χ3v) is 4.79. The van der Waals surface area contributed by atoms with Crippen molar-refractivity contribution in [3.63, 3.8) is 0 Å². The summed E-state index contributed by atoms with van der Waals surface area (Å²) < 4.78 is 18.1. The molecular weight excluding hydrogens is 335 g/mol. The summed E-state index contributed by atoms with van der Waals surface area (Å²) in [5.41, 5.74) is 1.53. The molecule has 0 bridgehead atoms. The van der Waals surface area contributed by atoms with Gasteiger partial charge in [-0.2, -0.15) is 0 Å². The summed E-state index contributed by atoms with van der Waals surface area (Å²) in [5, 5.41) is 10.4. The lowest BCUT2D eigenvalue weighted by molar-refractivity contribution is 0.0763. The molecule has 0 radical (unpaired) electrons. The number of ether oxygens (including phenoxy) is 1. The van der Waals surface area contributed by atoms with Crippen LogP contribution in [0.25, 0.3) is 0 Å². The number of carbonyl (C=O) groups excluding carboxylic acids is 1. The second-order valence-corrected chi connectivity index (χ2v) is 6.61. The van der Waals surface area contributed by atoms with E-state index in [-0.39, 0.29) is 17.8 Å². The number of methoxy groups -OCH3 is 1. The number of carbonyl (C=O) groups is 1. The third kappa shape index (κ3) is 4.03. The van der Waals surface area contributed by atoms with Crippen molar-refractivity contribution in [1.82, 2.24) is 9.80 Å². The van der Waals surface area contributed by atoms with E-state index in [0.29, 0.717) is 30.9 Å². The minimum atomic E-state index is -0.623. The van der Waals surface area contributed by atoms with Crippen LogP contribution in [-0.2, 0) is 6.54 Å². The number of hydrogen-bond acceptors (Lipinski definition) is 4. The van der Waals surface area contributed by atoms with Crippen molar-refractivity contribution in [2.75, 3.05) is 27.2 Å². The number of likely N-dealkylation sites (tertiary alicyclic amines) is 1. The van der Waals surface area contributed by atoms with E-state index >= 15 is 0 Å². The summed E-state index contributed by atoms with van der Waals surface area (Å²) >= 11 is 0. The van der Waals surface area contributed by atoms with Crippen LogP contribution < -0.4 is 4.74 Å². The van der Waals surface area contributed by atoms with Gasteiger partial charge in [-0.15, -0.1) is 0 Å². The van der Waals surface area contributed by atoms with Gasteiger partial charge in [0.15, 0.2) is 0 Å². The van der Waals surface area contributed by atoms with E-state index in [2.05, 4.69) is 0 Å². The molecule has 0 aliphatic carbocycles. The molecule has 138 valence electrons. The molecule has 2 aromatic rings. The average Bonchev–Trinajstić information content (AvgIpc) is 3.05. The highest BCUT2D eigenvalue weighted by atomic mass is 19.1. The Balaban J connectivity index is 1.64. The summed E-state index contributed by atoms with van der Waals surface area (Å²) in [6.07, 6.45) is -0.623. The zero-order chi connectivity index (χ0) is 18.7. The first-order valence-electron chi connectivity index (χ1n) is 8.54. The van der Waals surface area contributed by atoms with Gasteiger partial charge in [-0.1, -0.05) is 12.1 Å². The van der Waals surface area contributed by atoms with Gasteiger partial charge in [0.05, 0.1) is 19.3 Å². The molecule has 0 unspecified atom stereocenters. The van der Waals surface area contributed by atoms with Crippen LogP contribution in [0.4, 0.5) is 4.39 Å². The monoisotopic (exact) mass is 358 g/mol. The lowest BCUT2D eigenvalue weighted by Crippen LogP contribution is -2.40. The molecule has 1 aliphatic heterocycles. The molecule has 0 saturated carbocycles. The fourth-order valence-electron chi connectivity index (χ4n) is 3.28. The van der Waals surface area contributed by atoms with Gasteiger partial charge in [0.1, 0.15) is 11.6 Å². The van der Waals surface area contributed by atoms with Crippen molar-refractivity contribution < 1.29 is 19.0 Å². The second kappa shape index (κ2) is 7.85. The lowest BCUT2D eigenvalue weighted by Gasteiger charge is -2.26. The molecule has 2 atom stereocenters. The number of β-amino-alcohol motifs (C(OH)–C–C–N with tert-alkyl or cyclic N) is 1. The quantitative estimate of drug-likeness (QED) is 0.890. The Morgan fingerprint density at radius 2 is 1.85 bits per heavy atom. The first-order chi connectivity index (χ1) is 12.5. The van der Waals surface area contributed by atoms with Crippen molar-refractivity contribution in [2.24, 2.45) is 0 Å². The first-order valence-corrected chi connectivity index (χ1v) is 8.54. The fourth-order valence-corrected chi connectivity index (χ4v) is 3.28. The number of likely N-dealkylation sites (N-methyl/N-ethyl adjacent to an activating group) is 1. The molecule has 1 aliphatic rings. The number of rotatable bonds is 5. The van der Waals surface area contributed by atoms with E-state index in [1.165, 1.54) is 12.1 Å². The Kier molecular flexibility index (Phi) is 5.54. The Hall–Kier alpha value is -2.44. The van der Waals surface area contributed by atoms with Crippen molar-refractivity contribution in [3.05, 3.63) is 65.5 Å². The van der Waals surface area contributed by atoms with Crippen LogP contribution >= 0.6 is 0 Å². The summed E-state index contributed by atoms with van der Waals surface area (Å²) in [6.45, 7) is 1.32. The molecule has 1 saturated heterocycles. The molecule has 1 N–H and O–H groups in total. The molecule has 1 fully saturated rings. The van der Waals surface area contributed by atoms with Gasteiger partial charge in [0.25, 0.3) is 5.91 Å². The third-order valence-electron chi connectivity index (χ3n) is 4.79. The molecule has 0 spiro atoms. The number of nitrogens with zero attached hydrogens (tertiary/aromatic N) is 2. The number of halogens is 1. The Morgan fingerprint density at radius 1 is 1.19 bits per heavy atom. The zero-order valence-corrected chi connectivity index (χ0v) is 14.9. The van der Waals surface area contributed by atoms with Gasteiger partial charge in [-0.3, -0.25) is 9.69 Å². The largest absolute Gasteiger partial charge is 0.497 e. The van der Waals surface area contributed by atoms with E-state index in [0.717, 1.165) is 5.56 Å². The Labute approximate surface area is 152 Å². The number of benzene rings is 2. The van der Waals surface area contributed by atoms with E-state index in [9.17, 15) is 14.3 Å². The standard InChI is InChI=1S/C20H23FN2O3/c1-22(11-14-3-7-16(21)8-4-14)18-12-23(13-19(18)24)20(25)15-5-9-17(26-2)10-6-15/h3-10,18-19,24H,11-13H2,1-2H3/t18-,19-/m0/s1. The zero-order valence-electron chi connectivity index (χ0n) is 14.9. The van der Waals surface area contributed by atoms with Gasteiger partial charge in [0.2, 0.25) is 0 Å². The van der Waals surface area contributed by atoms with Crippen LogP contribution in [0.3, 0.4) is 0 Å². The number of aliphatic hydroxyl groups excluding tert-OH is 1. The second-order valence-electron chi connectivity index (χ2n) is 6.61. The Bertz CT molecular complexity index is 749. The molecule has 1 heterocycles. The predicted octanol–water partition coefficient (Wildman–Crippen LogP) is 2.15. The van der Waals surface area contributed by atoms with Crippen LogP contribution in [0.15, 0.2) is 48.5 Å². The topological polar surface area (TPSA) is 53.0 Å². The molecule has 6 heteroatoms. The van der Waals surface area contributed by atoms with Crippen LogP contribution in [-0.4, -0.2) is 60.2 Å². The van der Waals surface area contributed by atoms with Crippen LogP contribution in [0.2, 0.25) is 0 Å². The molecule has 2 aromatic carbocycles. The van der Waals surface area contributed by atoms with E-state index in [1.54, 1.807) is 48.4 Å². The maximum absolute atomic E-state index is 13.0. The van der Waals surface area contributed by atoms with Crippen molar-refractivity contribution >= 4 is 5.91 Å². The van der Waals surface area contributed by atoms with E-state index < -0.39 is 6.10 Å². The number of amides is 1. The maximum Gasteiger partial charge on any atom is 0.254 e. The molecule has 1 amide bonds. The maximum atomic E-state index is 13.0. The lowest BCUT2D eigenvalue weighted by atomic mass is 10.1. The number of hydrogen-bond donors (Lipinski definition) is 1. The van der Waals surface area contributed by atoms with Crippen molar-refractivity contribution in [1.29, 1.82) is 0 Å². The predicted molar refractivity (Wildman–Crippen MR) is 96.6 cm³/mol.